The number of hydrogen-bond donors (Lipinski definition) is 3. The van der Waals surface area contributed by atoms with Crippen molar-refractivity contribution in [1.29, 1.82) is 5.41 Å². The number of aliphatic hydroxyl groups excluding tert-OH is 1. The number of benzene rings is 2. The summed E-state index contributed by atoms with van der Waals surface area (Å²) in [7, 11) is 0. The Hall–Kier alpha value is -4.13. The zero-order chi connectivity index (χ0) is 26.0. The summed E-state index contributed by atoms with van der Waals surface area (Å²) >= 11 is 0. The Morgan fingerprint density at radius 1 is 1.31 bits per heavy atom. The Bertz CT molecular complexity index is 1360. The van der Waals surface area contributed by atoms with Gasteiger partial charge in [0.05, 0.1) is 23.7 Å². The molecule has 36 heavy (non-hydrogen) atoms. The number of aromatic nitrogens is 2. The third-order valence-corrected chi connectivity index (χ3v) is 5.40. The van der Waals surface area contributed by atoms with Crippen LogP contribution in [0.15, 0.2) is 47.5 Å². The summed E-state index contributed by atoms with van der Waals surface area (Å²) in [4.78, 5) is 20.8. The average molecular weight is 507 g/mol. The minimum atomic E-state index is -4.86. The summed E-state index contributed by atoms with van der Waals surface area (Å²) in [6.07, 6.45) is -3.86. The molecule has 0 saturated heterocycles. The van der Waals surface area contributed by atoms with E-state index in [9.17, 15) is 31.9 Å². The number of carbonyl (C=O) groups excluding carboxylic acids is 1. The zero-order valence-electron chi connectivity index (χ0n) is 18.3. The Labute approximate surface area is 200 Å². The summed E-state index contributed by atoms with van der Waals surface area (Å²) in [6, 6.07) is 6.49. The van der Waals surface area contributed by atoms with Crippen LogP contribution in [0.2, 0.25) is 0 Å². The highest BCUT2D eigenvalue weighted by molar-refractivity contribution is 6.17. The molecule has 0 spiro atoms. The van der Waals surface area contributed by atoms with Gasteiger partial charge in [-0.05, 0) is 48.4 Å². The molecular weight excluding hydrogens is 489 g/mol. The number of allylic oxidation sites excluding steroid dienone is 2. The van der Waals surface area contributed by atoms with Crippen molar-refractivity contribution in [3.63, 3.8) is 0 Å². The molecule has 1 aliphatic heterocycles. The number of nitrogens with one attached hydrogen (secondary N) is 2. The SMILES string of the molecule is N=CN=CC1=CC[C@H](CO)n2c(C(F)F)nc3cc(C(=O)Nc4ccc(OC(F)(F)F)cc4)cc1c32. The summed E-state index contributed by atoms with van der Waals surface area (Å²) in [6.45, 7) is -0.438. The van der Waals surface area contributed by atoms with Crippen molar-refractivity contribution in [3.8, 4) is 5.75 Å². The Kier molecular flexibility index (Phi) is 6.84. The molecular formula is C23H18F5N5O3. The lowest BCUT2D eigenvalue weighted by Crippen LogP contribution is -2.17. The molecule has 3 aromatic rings. The number of aliphatic imine (C=N–C) groups is 1. The van der Waals surface area contributed by atoms with E-state index in [1.54, 1.807) is 6.08 Å². The molecule has 0 radical (unpaired) electrons. The van der Waals surface area contributed by atoms with Crippen LogP contribution in [0.3, 0.4) is 0 Å². The van der Waals surface area contributed by atoms with Gasteiger partial charge in [-0.2, -0.15) is 0 Å². The number of carbonyl (C=O) groups is 1. The molecule has 0 fully saturated rings. The Morgan fingerprint density at radius 2 is 2.03 bits per heavy atom. The lowest BCUT2D eigenvalue weighted by Gasteiger charge is -2.17. The van der Waals surface area contributed by atoms with Crippen molar-refractivity contribution >= 4 is 40.8 Å². The number of amides is 1. The summed E-state index contributed by atoms with van der Waals surface area (Å²) < 4.78 is 69.8. The molecule has 0 saturated carbocycles. The maximum Gasteiger partial charge on any atom is 0.573 e. The molecule has 188 valence electrons. The van der Waals surface area contributed by atoms with Crippen LogP contribution in [0.4, 0.5) is 27.6 Å². The van der Waals surface area contributed by atoms with Crippen molar-refractivity contribution in [2.24, 2.45) is 4.99 Å². The van der Waals surface area contributed by atoms with Crippen molar-refractivity contribution in [2.75, 3.05) is 11.9 Å². The molecule has 4 rings (SSSR count). The number of ether oxygens (including phenoxy) is 1. The van der Waals surface area contributed by atoms with Gasteiger partial charge in [-0.25, -0.2) is 18.8 Å². The largest absolute Gasteiger partial charge is 0.573 e. The van der Waals surface area contributed by atoms with Crippen molar-refractivity contribution in [3.05, 3.63) is 59.4 Å². The number of alkyl halides is 5. The molecule has 2 heterocycles. The number of halogens is 5. The lowest BCUT2D eigenvalue weighted by atomic mass is 10.0. The number of hydrogen-bond acceptors (Lipinski definition) is 5. The van der Waals surface area contributed by atoms with Crippen molar-refractivity contribution in [2.45, 2.75) is 25.3 Å². The second kappa shape index (κ2) is 9.85. The monoisotopic (exact) mass is 507 g/mol. The van der Waals surface area contributed by atoms with Crippen LogP contribution >= 0.6 is 0 Å². The molecule has 3 N–H and O–H groups in total. The smallest absolute Gasteiger partial charge is 0.406 e. The van der Waals surface area contributed by atoms with Crippen LogP contribution in [0.25, 0.3) is 16.6 Å². The van der Waals surface area contributed by atoms with Crippen molar-refractivity contribution < 1.29 is 36.6 Å². The van der Waals surface area contributed by atoms with Crippen LogP contribution < -0.4 is 10.1 Å². The first-order chi connectivity index (χ1) is 17.1. The van der Waals surface area contributed by atoms with E-state index in [2.05, 4.69) is 20.0 Å². The topological polar surface area (TPSA) is 113 Å². The van der Waals surface area contributed by atoms with Crippen LogP contribution in [-0.4, -0.2) is 46.1 Å². The van der Waals surface area contributed by atoms with Crippen LogP contribution in [-0.2, 0) is 0 Å². The van der Waals surface area contributed by atoms with Crippen LogP contribution in [0.1, 0.15) is 40.6 Å². The fourth-order valence-electron chi connectivity index (χ4n) is 3.94. The third-order valence-electron chi connectivity index (χ3n) is 5.40. The minimum Gasteiger partial charge on any atom is -0.406 e. The van der Waals surface area contributed by atoms with E-state index < -0.39 is 42.9 Å². The maximum atomic E-state index is 13.8. The molecule has 2 aromatic carbocycles. The number of rotatable bonds is 7. The number of nitrogens with zero attached hydrogens (tertiary/aromatic N) is 3. The van der Waals surface area contributed by atoms with Gasteiger partial charge in [-0.3, -0.25) is 10.2 Å². The van der Waals surface area contributed by atoms with Gasteiger partial charge < -0.3 is 19.7 Å². The molecule has 1 amide bonds. The van der Waals surface area contributed by atoms with Crippen LogP contribution in [0, 0.1) is 5.41 Å². The number of imidazole rings is 1. The van der Waals surface area contributed by atoms with Gasteiger partial charge in [-0.15, -0.1) is 13.2 Å². The van der Waals surface area contributed by atoms with E-state index in [1.807, 2.05) is 0 Å². The van der Waals surface area contributed by atoms with E-state index in [4.69, 9.17) is 5.41 Å². The fraction of sp³-hybridized carbons (Fsp3) is 0.217. The van der Waals surface area contributed by atoms with E-state index in [-0.39, 0.29) is 28.7 Å². The summed E-state index contributed by atoms with van der Waals surface area (Å²) in [5.74, 6) is -1.70. The zero-order valence-corrected chi connectivity index (χ0v) is 18.3. The predicted molar refractivity (Wildman–Crippen MR) is 122 cm³/mol. The average Bonchev–Trinajstić information content (AvgIpc) is 3.13. The second-order valence-corrected chi connectivity index (χ2v) is 7.70. The molecule has 8 nitrogen and oxygen atoms in total. The highest BCUT2D eigenvalue weighted by Crippen LogP contribution is 2.37. The molecule has 1 aliphatic rings. The first kappa shape index (κ1) is 25.0. The maximum absolute atomic E-state index is 13.8. The van der Waals surface area contributed by atoms with Gasteiger partial charge in [0, 0.05) is 23.0 Å². The minimum absolute atomic E-state index is 0.0372. The molecule has 0 aliphatic carbocycles. The van der Waals surface area contributed by atoms with Crippen molar-refractivity contribution in [1.82, 2.24) is 9.55 Å². The molecule has 0 unspecified atom stereocenters. The normalized spacial score (nSPS) is 15.8. The third kappa shape index (κ3) is 5.10. The number of anilines is 1. The highest BCUT2D eigenvalue weighted by atomic mass is 19.4. The standard InChI is InChI=1S/C23H18F5N5O3/c24-20(25)21-32-18-8-13(22(35)31-14-2-5-16(6-3-14)36-23(26,27)28)7-17-12(9-30-11-29)1-4-15(10-34)33(21)19(17)18/h1-3,5-9,11,15,20,29,34H,4,10H2,(H,31,35)/t15-/m1/s1. The van der Waals surface area contributed by atoms with E-state index in [0.717, 1.165) is 18.5 Å². The van der Waals surface area contributed by atoms with Gasteiger partial charge in [-0.1, -0.05) is 6.08 Å². The van der Waals surface area contributed by atoms with E-state index in [1.165, 1.54) is 35.0 Å². The Balaban J connectivity index is 1.76. The molecule has 1 aromatic heterocycles. The van der Waals surface area contributed by atoms with E-state index >= 15 is 0 Å². The first-order valence-corrected chi connectivity index (χ1v) is 10.5. The predicted octanol–water partition coefficient (Wildman–Crippen LogP) is 5.12. The summed E-state index contributed by atoms with van der Waals surface area (Å²) in [5.41, 5.74) is 1.33. The van der Waals surface area contributed by atoms with Gasteiger partial charge in [0.2, 0.25) is 0 Å². The molecule has 13 heteroatoms. The van der Waals surface area contributed by atoms with E-state index in [0.29, 0.717) is 11.1 Å². The van der Waals surface area contributed by atoms with Crippen LogP contribution in [0.5, 0.6) is 5.75 Å². The highest BCUT2D eigenvalue weighted by Gasteiger charge is 2.31. The van der Waals surface area contributed by atoms with Gasteiger partial charge in [0.25, 0.3) is 12.3 Å². The quantitative estimate of drug-likeness (QED) is 0.234. The first-order valence-electron chi connectivity index (χ1n) is 10.5. The second-order valence-electron chi connectivity index (χ2n) is 7.70. The lowest BCUT2D eigenvalue weighted by molar-refractivity contribution is -0.274. The number of aliphatic hydroxyl groups is 1. The Morgan fingerprint density at radius 3 is 2.64 bits per heavy atom. The molecule has 0 bridgehead atoms. The molecule has 1 atom stereocenters. The summed E-state index contributed by atoms with van der Waals surface area (Å²) in [5, 5.41) is 19.5. The fourth-order valence-corrected chi connectivity index (χ4v) is 3.94. The van der Waals surface area contributed by atoms with Gasteiger partial charge in [0.1, 0.15) is 12.1 Å². The van der Waals surface area contributed by atoms with Gasteiger partial charge in [0.15, 0.2) is 5.82 Å². The van der Waals surface area contributed by atoms with Gasteiger partial charge >= 0.3 is 6.36 Å².